The maximum Gasteiger partial charge on any atom is 0.226 e. The summed E-state index contributed by atoms with van der Waals surface area (Å²) in [6.45, 7) is 1.44. The summed E-state index contributed by atoms with van der Waals surface area (Å²) in [5, 5.41) is 0. The molecule has 1 aromatic heterocycles. The normalized spacial score (nSPS) is 20.4. The van der Waals surface area contributed by atoms with Crippen LogP contribution in [0.3, 0.4) is 0 Å². The van der Waals surface area contributed by atoms with Gasteiger partial charge in [-0.1, -0.05) is 6.07 Å². The molecule has 7 heteroatoms. The van der Waals surface area contributed by atoms with Gasteiger partial charge in [0.15, 0.2) is 0 Å². The smallest absolute Gasteiger partial charge is 0.226 e. The van der Waals surface area contributed by atoms with Crippen molar-refractivity contribution in [2.45, 2.75) is 38.3 Å². The fourth-order valence-corrected chi connectivity index (χ4v) is 3.98. The first-order valence-corrected chi connectivity index (χ1v) is 9.95. The van der Waals surface area contributed by atoms with Crippen molar-refractivity contribution in [3.8, 4) is 0 Å². The second kappa shape index (κ2) is 6.57. The molecule has 1 aliphatic heterocycles. The predicted octanol–water partition coefficient (Wildman–Crippen LogP) is 1.24. The lowest BCUT2D eigenvalue weighted by molar-refractivity contribution is -0.138. The Labute approximate surface area is 137 Å². The van der Waals surface area contributed by atoms with Crippen LogP contribution in [0.1, 0.15) is 31.4 Å². The topological polar surface area (TPSA) is 70.6 Å². The molecule has 0 atom stereocenters. The van der Waals surface area contributed by atoms with Crippen molar-refractivity contribution in [1.29, 1.82) is 0 Å². The number of amides is 1. The van der Waals surface area contributed by atoms with Crippen LogP contribution in [0.25, 0.3) is 0 Å². The number of piperidine rings is 1. The molecule has 1 aliphatic carbocycles. The van der Waals surface area contributed by atoms with Crippen molar-refractivity contribution in [2.24, 2.45) is 5.92 Å². The highest BCUT2D eigenvalue weighted by atomic mass is 32.2. The summed E-state index contributed by atoms with van der Waals surface area (Å²) < 4.78 is 24.6. The fraction of sp³-hybridized carbons (Fsp3) is 0.625. The third-order valence-corrected chi connectivity index (χ3v) is 5.90. The Kier molecular flexibility index (Phi) is 4.68. The lowest BCUT2D eigenvalue weighted by atomic mass is 9.96. The molecule has 3 rings (SSSR count). The summed E-state index contributed by atoms with van der Waals surface area (Å²) in [5.41, 5.74) is 0.904. The molecule has 0 spiro atoms. The fourth-order valence-electron chi connectivity index (χ4n) is 3.11. The summed E-state index contributed by atoms with van der Waals surface area (Å²) in [5.74, 6) is 0.0867. The largest absolute Gasteiger partial charge is 0.334 e. The Morgan fingerprint density at radius 1 is 1.26 bits per heavy atom. The molecule has 0 unspecified atom stereocenters. The van der Waals surface area contributed by atoms with Crippen LogP contribution >= 0.6 is 0 Å². The van der Waals surface area contributed by atoms with E-state index in [1.807, 2.05) is 23.1 Å². The molecule has 0 radical (unpaired) electrons. The SMILES string of the molecule is CS(=O)(=O)N1CCC(C(=O)N(Cc2ccccn2)C2CC2)CC1. The van der Waals surface area contributed by atoms with E-state index in [4.69, 9.17) is 0 Å². The van der Waals surface area contributed by atoms with Crippen molar-refractivity contribution >= 4 is 15.9 Å². The van der Waals surface area contributed by atoms with Gasteiger partial charge in [0.05, 0.1) is 18.5 Å². The Bertz CT molecular complexity index is 650. The standard InChI is InChI=1S/C16H23N3O3S/c1-23(21,22)18-10-7-13(8-11-18)16(20)19(15-5-6-15)12-14-4-2-3-9-17-14/h2-4,9,13,15H,5-8,10-12H2,1H3. The Balaban J connectivity index is 1.64. The molecule has 126 valence electrons. The molecule has 2 heterocycles. The van der Waals surface area contributed by atoms with Crippen molar-refractivity contribution in [1.82, 2.24) is 14.2 Å². The van der Waals surface area contributed by atoms with Gasteiger partial charge >= 0.3 is 0 Å². The zero-order chi connectivity index (χ0) is 16.4. The number of aromatic nitrogens is 1. The van der Waals surface area contributed by atoms with E-state index in [2.05, 4.69) is 4.98 Å². The van der Waals surface area contributed by atoms with Gasteiger partial charge in [-0.15, -0.1) is 0 Å². The minimum absolute atomic E-state index is 0.0719. The molecule has 2 fully saturated rings. The molecule has 23 heavy (non-hydrogen) atoms. The summed E-state index contributed by atoms with van der Waals surface area (Å²) in [6.07, 6.45) is 6.30. The number of hydrogen-bond donors (Lipinski definition) is 0. The first-order valence-electron chi connectivity index (χ1n) is 8.10. The third-order valence-electron chi connectivity index (χ3n) is 4.60. The van der Waals surface area contributed by atoms with Gasteiger partial charge in [-0.2, -0.15) is 0 Å². The van der Waals surface area contributed by atoms with E-state index in [1.165, 1.54) is 10.6 Å². The van der Waals surface area contributed by atoms with Crippen molar-refractivity contribution < 1.29 is 13.2 Å². The zero-order valence-electron chi connectivity index (χ0n) is 13.4. The predicted molar refractivity (Wildman–Crippen MR) is 86.9 cm³/mol. The first kappa shape index (κ1) is 16.4. The maximum atomic E-state index is 12.9. The number of carbonyl (C=O) groups excluding carboxylic acids is 1. The molecule has 1 aromatic rings. The average Bonchev–Trinajstić information content (AvgIpc) is 3.37. The number of pyridine rings is 1. The van der Waals surface area contributed by atoms with Gasteiger partial charge in [0, 0.05) is 31.2 Å². The van der Waals surface area contributed by atoms with Crippen molar-refractivity contribution in [2.75, 3.05) is 19.3 Å². The van der Waals surface area contributed by atoms with Crippen LogP contribution in [-0.4, -0.2) is 53.9 Å². The molecule has 2 aliphatic rings. The lowest BCUT2D eigenvalue weighted by Gasteiger charge is -2.33. The van der Waals surface area contributed by atoms with Crippen molar-refractivity contribution in [3.05, 3.63) is 30.1 Å². The molecule has 0 bridgehead atoms. The number of rotatable bonds is 5. The van der Waals surface area contributed by atoms with E-state index in [1.54, 1.807) is 6.20 Å². The highest BCUT2D eigenvalue weighted by molar-refractivity contribution is 7.88. The molecule has 1 amide bonds. The summed E-state index contributed by atoms with van der Waals surface area (Å²) in [4.78, 5) is 19.1. The summed E-state index contributed by atoms with van der Waals surface area (Å²) in [7, 11) is -3.15. The zero-order valence-corrected chi connectivity index (χ0v) is 14.2. The molecular weight excluding hydrogens is 314 g/mol. The van der Waals surface area contributed by atoms with E-state index in [9.17, 15) is 13.2 Å². The third kappa shape index (κ3) is 4.09. The van der Waals surface area contributed by atoms with Crippen LogP contribution in [0.4, 0.5) is 0 Å². The first-order chi connectivity index (χ1) is 10.9. The van der Waals surface area contributed by atoms with Gasteiger partial charge in [-0.05, 0) is 37.8 Å². The molecule has 0 N–H and O–H groups in total. The van der Waals surface area contributed by atoms with Crippen molar-refractivity contribution in [3.63, 3.8) is 0 Å². The lowest BCUT2D eigenvalue weighted by Crippen LogP contribution is -2.44. The Morgan fingerprint density at radius 3 is 2.48 bits per heavy atom. The Hall–Kier alpha value is -1.47. The quantitative estimate of drug-likeness (QED) is 0.811. The second-order valence-corrected chi connectivity index (χ2v) is 8.44. The van der Waals surface area contributed by atoms with E-state index < -0.39 is 10.0 Å². The molecular formula is C16H23N3O3S. The monoisotopic (exact) mass is 337 g/mol. The van der Waals surface area contributed by atoms with Gasteiger partial charge in [-0.25, -0.2) is 12.7 Å². The number of hydrogen-bond acceptors (Lipinski definition) is 4. The highest BCUT2D eigenvalue weighted by Crippen LogP contribution is 2.31. The van der Waals surface area contributed by atoms with Crippen LogP contribution in [0.2, 0.25) is 0 Å². The van der Waals surface area contributed by atoms with Gasteiger partial charge in [0.2, 0.25) is 15.9 Å². The average molecular weight is 337 g/mol. The number of carbonyl (C=O) groups is 1. The second-order valence-electron chi connectivity index (χ2n) is 6.45. The minimum Gasteiger partial charge on any atom is -0.334 e. The number of sulfonamides is 1. The van der Waals surface area contributed by atoms with Crippen LogP contribution in [0.5, 0.6) is 0 Å². The van der Waals surface area contributed by atoms with E-state index in [0.717, 1.165) is 18.5 Å². The van der Waals surface area contributed by atoms with E-state index in [0.29, 0.717) is 38.5 Å². The van der Waals surface area contributed by atoms with Gasteiger partial charge in [0.1, 0.15) is 0 Å². The van der Waals surface area contributed by atoms with Gasteiger partial charge in [-0.3, -0.25) is 9.78 Å². The van der Waals surface area contributed by atoms with E-state index in [-0.39, 0.29) is 11.8 Å². The molecule has 1 saturated carbocycles. The minimum atomic E-state index is -3.15. The van der Waals surface area contributed by atoms with E-state index >= 15 is 0 Å². The van der Waals surface area contributed by atoms with Gasteiger partial charge in [0.25, 0.3) is 0 Å². The molecule has 6 nitrogen and oxygen atoms in total. The molecule has 1 saturated heterocycles. The van der Waals surface area contributed by atoms with Gasteiger partial charge < -0.3 is 4.90 Å². The molecule has 0 aromatic carbocycles. The van der Waals surface area contributed by atoms with Crippen LogP contribution < -0.4 is 0 Å². The van der Waals surface area contributed by atoms with Crippen LogP contribution in [-0.2, 0) is 21.4 Å². The Morgan fingerprint density at radius 2 is 1.96 bits per heavy atom. The highest BCUT2D eigenvalue weighted by Gasteiger charge is 2.37. The van der Waals surface area contributed by atoms with Crippen LogP contribution in [0, 0.1) is 5.92 Å². The summed E-state index contributed by atoms with van der Waals surface area (Å²) in [6, 6.07) is 6.07. The number of nitrogens with zero attached hydrogens (tertiary/aromatic N) is 3. The maximum absolute atomic E-state index is 12.9. The van der Waals surface area contributed by atoms with Crippen LogP contribution in [0.15, 0.2) is 24.4 Å². The summed E-state index contributed by atoms with van der Waals surface area (Å²) >= 11 is 0.